The first-order chi connectivity index (χ1) is 13.9. The first-order valence-electron chi connectivity index (χ1n) is 10.6. The van der Waals surface area contributed by atoms with Crippen molar-refractivity contribution in [3.05, 3.63) is 59.4 Å². The molecule has 1 amide bonds. The number of hydrogen-bond donors (Lipinski definition) is 0. The van der Waals surface area contributed by atoms with Crippen LogP contribution in [0.15, 0.2) is 42.5 Å². The molecule has 154 valence electrons. The summed E-state index contributed by atoms with van der Waals surface area (Å²) < 4.78 is 6.60. The van der Waals surface area contributed by atoms with E-state index in [-0.39, 0.29) is 11.5 Å². The molecule has 0 unspecified atom stereocenters. The van der Waals surface area contributed by atoms with E-state index in [1.807, 2.05) is 36.1 Å². The third-order valence-corrected chi connectivity index (χ3v) is 6.43. The van der Waals surface area contributed by atoms with Crippen molar-refractivity contribution >= 4 is 5.91 Å². The molecule has 1 aliphatic heterocycles. The minimum atomic E-state index is -0.281. The van der Waals surface area contributed by atoms with Crippen LogP contribution in [-0.2, 0) is 17.9 Å². The second kappa shape index (κ2) is 8.15. The van der Waals surface area contributed by atoms with Crippen molar-refractivity contribution in [2.24, 2.45) is 0 Å². The largest absolute Gasteiger partial charge is 0.485 e. The summed E-state index contributed by atoms with van der Waals surface area (Å²) in [5.74, 6) is 1.06. The molecule has 0 N–H and O–H groups in total. The van der Waals surface area contributed by atoms with E-state index in [4.69, 9.17) is 4.74 Å². The smallest absolute Gasteiger partial charge is 0.219 e. The van der Waals surface area contributed by atoms with Crippen LogP contribution in [0.2, 0.25) is 0 Å². The molecule has 29 heavy (non-hydrogen) atoms. The van der Waals surface area contributed by atoms with Crippen molar-refractivity contribution in [2.75, 3.05) is 13.6 Å². The van der Waals surface area contributed by atoms with Crippen molar-refractivity contribution in [3.8, 4) is 5.75 Å². The Bertz CT molecular complexity index is 874. The number of pyridine rings is 1. The molecule has 5 nitrogen and oxygen atoms in total. The van der Waals surface area contributed by atoms with Crippen molar-refractivity contribution in [1.29, 1.82) is 0 Å². The summed E-state index contributed by atoms with van der Waals surface area (Å²) in [7, 11) is 2.19. The van der Waals surface area contributed by atoms with Crippen molar-refractivity contribution in [1.82, 2.24) is 14.8 Å². The molecule has 0 bridgehead atoms. The summed E-state index contributed by atoms with van der Waals surface area (Å²) in [6, 6.07) is 14.9. The van der Waals surface area contributed by atoms with Crippen LogP contribution in [-0.4, -0.2) is 45.9 Å². The second-order valence-electron chi connectivity index (χ2n) is 8.68. The number of aryl methyl sites for hydroxylation is 1. The van der Waals surface area contributed by atoms with Crippen LogP contribution in [0.1, 0.15) is 49.6 Å². The summed E-state index contributed by atoms with van der Waals surface area (Å²) in [6.45, 7) is 5.87. The maximum Gasteiger partial charge on any atom is 0.219 e. The van der Waals surface area contributed by atoms with Gasteiger partial charge in [-0.1, -0.05) is 24.3 Å². The number of carbonyl (C=O) groups is 1. The lowest BCUT2D eigenvalue weighted by molar-refractivity contribution is -0.132. The number of carbonyl (C=O) groups excluding carboxylic acids is 1. The molecule has 2 heterocycles. The Hall–Kier alpha value is -2.40. The van der Waals surface area contributed by atoms with Crippen LogP contribution < -0.4 is 4.74 Å². The van der Waals surface area contributed by atoms with Gasteiger partial charge in [0, 0.05) is 37.3 Å². The van der Waals surface area contributed by atoms with Gasteiger partial charge in [0.15, 0.2) is 0 Å². The van der Waals surface area contributed by atoms with Crippen LogP contribution in [0.5, 0.6) is 5.75 Å². The minimum absolute atomic E-state index is 0.120. The lowest BCUT2D eigenvalue weighted by Crippen LogP contribution is -2.51. The molecule has 1 spiro atoms. The molecule has 4 rings (SSSR count). The van der Waals surface area contributed by atoms with Gasteiger partial charge >= 0.3 is 0 Å². The zero-order valence-corrected chi connectivity index (χ0v) is 17.7. The average Bonchev–Trinajstić information content (AvgIpc) is 2.85. The fourth-order valence-corrected chi connectivity index (χ4v) is 4.73. The Morgan fingerprint density at radius 2 is 1.97 bits per heavy atom. The predicted molar refractivity (Wildman–Crippen MR) is 114 cm³/mol. The van der Waals surface area contributed by atoms with Gasteiger partial charge in [-0.15, -0.1) is 0 Å². The normalized spacial score (nSPS) is 24.1. The van der Waals surface area contributed by atoms with Crippen LogP contribution in [0, 0.1) is 6.92 Å². The highest BCUT2D eigenvalue weighted by Crippen LogP contribution is 2.39. The molecule has 0 atom stereocenters. The number of para-hydroxylation sites is 1. The topological polar surface area (TPSA) is 45.7 Å². The van der Waals surface area contributed by atoms with Crippen LogP contribution in [0.25, 0.3) is 0 Å². The van der Waals surface area contributed by atoms with Gasteiger partial charge in [-0.2, -0.15) is 0 Å². The van der Waals surface area contributed by atoms with Crippen LogP contribution in [0.3, 0.4) is 0 Å². The highest BCUT2D eigenvalue weighted by atomic mass is 16.5. The first-order valence-corrected chi connectivity index (χ1v) is 10.6. The molecular formula is C24H31N3O2. The minimum Gasteiger partial charge on any atom is -0.485 e. The van der Waals surface area contributed by atoms with Gasteiger partial charge in [-0.05, 0) is 57.9 Å². The number of nitrogens with zero attached hydrogens (tertiary/aromatic N) is 3. The highest BCUT2D eigenvalue weighted by Gasteiger charge is 2.42. The Morgan fingerprint density at radius 3 is 2.69 bits per heavy atom. The van der Waals surface area contributed by atoms with E-state index in [0.29, 0.717) is 19.1 Å². The third-order valence-electron chi connectivity index (χ3n) is 6.43. The second-order valence-corrected chi connectivity index (χ2v) is 8.68. The SMILES string of the molecule is CC(=O)N1Cc2ccccc2OC2(CCC(N(C)Cc3cccc(C)n3)CC2)C1. The number of benzene rings is 1. The van der Waals surface area contributed by atoms with Crippen molar-refractivity contribution in [2.45, 2.75) is 64.3 Å². The molecule has 1 aliphatic carbocycles. The summed E-state index contributed by atoms with van der Waals surface area (Å²) in [6.07, 6.45) is 4.05. The fourth-order valence-electron chi connectivity index (χ4n) is 4.73. The van der Waals surface area contributed by atoms with Crippen LogP contribution in [0.4, 0.5) is 0 Å². The molecule has 0 saturated heterocycles. The third kappa shape index (κ3) is 4.45. The Labute approximate surface area is 173 Å². The van der Waals surface area contributed by atoms with E-state index in [1.165, 1.54) is 0 Å². The standard InChI is InChI=1S/C24H31N3O2/c1-18-7-6-9-21(25-18)16-26(3)22-11-13-24(14-12-22)17-27(19(2)28)15-20-8-4-5-10-23(20)29-24/h4-10,22H,11-17H2,1-3H3. The summed E-state index contributed by atoms with van der Waals surface area (Å²) in [5, 5.41) is 0. The summed E-state index contributed by atoms with van der Waals surface area (Å²) >= 11 is 0. The van der Waals surface area contributed by atoms with E-state index < -0.39 is 0 Å². The number of hydrogen-bond acceptors (Lipinski definition) is 4. The summed E-state index contributed by atoms with van der Waals surface area (Å²) in [4.78, 5) is 21.3. The van der Waals surface area contributed by atoms with Gasteiger partial charge in [0.1, 0.15) is 11.4 Å². The van der Waals surface area contributed by atoms with Crippen LogP contribution >= 0.6 is 0 Å². The number of ether oxygens (including phenoxy) is 1. The molecular weight excluding hydrogens is 362 g/mol. The Balaban J connectivity index is 1.46. The monoisotopic (exact) mass is 393 g/mol. The van der Waals surface area contributed by atoms with Crippen molar-refractivity contribution in [3.63, 3.8) is 0 Å². The van der Waals surface area contributed by atoms with E-state index in [0.717, 1.165) is 54.9 Å². The fraction of sp³-hybridized carbons (Fsp3) is 0.500. The number of fused-ring (bicyclic) bond motifs is 1. The number of rotatable bonds is 3. The summed E-state index contributed by atoms with van der Waals surface area (Å²) in [5.41, 5.74) is 3.00. The van der Waals surface area contributed by atoms with Gasteiger partial charge < -0.3 is 9.64 Å². The molecule has 1 aromatic carbocycles. The number of amides is 1. The molecule has 5 heteroatoms. The lowest BCUT2D eigenvalue weighted by atomic mass is 9.81. The van der Waals surface area contributed by atoms with Crippen molar-refractivity contribution < 1.29 is 9.53 Å². The zero-order valence-electron chi connectivity index (χ0n) is 17.7. The maximum absolute atomic E-state index is 12.2. The van der Waals surface area contributed by atoms with Gasteiger partial charge in [-0.25, -0.2) is 0 Å². The average molecular weight is 394 g/mol. The predicted octanol–water partition coefficient (Wildman–Crippen LogP) is 3.94. The quantitative estimate of drug-likeness (QED) is 0.792. The molecule has 1 aromatic heterocycles. The number of aromatic nitrogens is 1. The molecule has 1 saturated carbocycles. The van der Waals surface area contributed by atoms with Gasteiger partial charge in [0.25, 0.3) is 0 Å². The zero-order chi connectivity index (χ0) is 20.4. The maximum atomic E-state index is 12.2. The molecule has 2 aromatic rings. The van der Waals surface area contributed by atoms with Gasteiger partial charge in [0.2, 0.25) is 5.91 Å². The molecule has 0 radical (unpaired) electrons. The Kier molecular flexibility index (Phi) is 5.59. The molecule has 2 aliphatic rings. The first kappa shape index (κ1) is 19.9. The van der Waals surface area contributed by atoms with Gasteiger partial charge in [-0.3, -0.25) is 14.7 Å². The van der Waals surface area contributed by atoms with E-state index in [9.17, 15) is 4.79 Å². The molecule has 1 fully saturated rings. The lowest BCUT2D eigenvalue weighted by Gasteiger charge is -2.43. The van der Waals surface area contributed by atoms with E-state index in [2.05, 4.69) is 35.1 Å². The van der Waals surface area contributed by atoms with Gasteiger partial charge in [0.05, 0.1) is 12.2 Å². The van der Waals surface area contributed by atoms with E-state index in [1.54, 1.807) is 6.92 Å². The Morgan fingerprint density at radius 1 is 1.21 bits per heavy atom. The van der Waals surface area contributed by atoms with E-state index >= 15 is 0 Å². The highest BCUT2D eigenvalue weighted by molar-refractivity contribution is 5.73.